The Morgan fingerprint density at radius 1 is 1.29 bits per heavy atom. The minimum atomic E-state index is -0.0277. The van der Waals surface area contributed by atoms with Crippen LogP contribution in [0.4, 0.5) is 10.5 Å². The van der Waals surface area contributed by atoms with Crippen LogP contribution in [0.1, 0.15) is 33.1 Å². The molecule has 4 N–H and O–H groups in total. The largest absolute Gasteiger partial charge is 0.492 e. The van der Waals surface area contributed by atoms with Crippen LogP contribution in [0.2, 0.25) is 0 Å². The van der Waals surface area contributed by atoms with Crippen LogP contribution in [-0.4, -0.2) is 49.6 Å². The second-order valence-electron chi connectivity index (χ2n) is 7.45. The molecule has 2 rings (SSSR count). The summed E-state index contributed by atoms with van der Waals surface area (Å²) in [5, 5.41) is 5.87. The molecule has 1 aliphatic heterocycles. The number of urea groups is 1. The van der Waals surface area contributed by atoms with Gasteiger partial charge in [0.1, 0.15) is 12.4 Å². The summed E-state index contributed by atoms with van der Waals surface area (Å²) in [6.07, 6.45) is 2.31. The van der Waals surface area contributed by atoms with Crippen LogP contribution < -0.4 is 21.1 Å². The van der Waals surface area contributed by atoms with Gasteiger partial charge in [-0.05, 0) is 48.9 Å². The Labute approximate surface area is 173 Å². The van der Waals surface area contributed by atoms with Gasteiger partial charge in [0, 0.05) is 38.3 Å². The highest BCUT2D eigenvalue weighted by molar-refractivity contribution is 5.91. The number of amides is 3. The normalized spacial score (nSPS) is 16.3. The zero-order valence-electron chi connectivity index (χ0n) is 16.8. The number of nitrogens with two attached hydrogens (primary N) is 1. The van der Waals surface area contributed by atoms with Gasteiger partial charge in [-0.25, -0.2) is 4.79 Å². The fourth-order valence-electron chi connectivity index (χ4n) is 3.10. The third kappa shape index (κ3) is 8.35. The SMILES string of the molecule is CC(C)CNC(=O)N1CCCC(CC(=O)Nc2ccc(OCCN)cc2)C1.Cl. The van der Waals surface area contributed by atoms with Crippen molar-refractivity contribution in [2.24, 2.45) is 17.6 Å². The summed E-state index contributed by atoms with van der Waals surface area (Å²) in [5.74, 6) is 1.32. The lowest BCUT2D eigenvalue weighted by atomic mass is 9.94. The Balaban J connectivity index is 0.00000392. The highest BCUT2D eigenvalue weighted by atomic mass is 35.5. The Hall–Kier alpha value is -1.99. The third-order valence-corrected chi connectivity index (χ3v) is 4.47. The maximum absolute atomic E-state index is 12.4. The van der Waals surface area contributed by atoms with Crippen molar-refractivity contribution in [2.75, 3.05) is 38.1 Å². The van der Waals surface area contributed by atoms with E-state index in [1.54, 1.807) is 0 Å². The molecule has 158 valence electrons. The fourth-order valence-corrected chi connectivity index (χ4v) is 3.10. The zero-order valence-corrected chi connectivity index (χ0v) is 17.6. The molecule has 1 saturated heterocycles. The summed E-state index contributed by atoms with van der Waals surface area (Å²) in [6, 6.07) is 7.23. The van der Waals surface area contributed by atoms with Crippen LogP contribution in [0.5, 0.6) is 5.75 Å². The van der Waals surface area contributed by atoms with Crippen molar-refractivity contribution in [3.63, 3.8) is 0 Å². The highest BCUT2D eigenvalue weighted by Gasteiger charge is 2.25. The highest BCUT2D eigenvalue weighted by Crippen LogP contribution is 2.21. The average Bonchev–Trinajstić information content (AvgIpc) is 2.65. The molecular weight excluding hydrogens is 380 g/mol. The molecule has 1 aromatic rings. The van der Waals surface area contributed by atoms with Gasteiger partial charge < -0.3 is 26.0 Å². The average molecular weight is 413 g/mol. The van der Waals surface area contributed by atoms with E-state index < -0.39 is 0 Å². The van der Waals surface area contributed by atoms with Crippen LogP contribution >= 0.6 is 12.4 Å². The van der Waals surface area contributed by atoms with Gasteiger partial charge in [0.15, 0.2) is 0 Å². The number of likely N-dealkylation sites (tertiary alicyclic amines) is 1. The molecule has 1 aromatic carbocycles. The monoisotopic (exact) mass is 412 g/mol. The molecule has 1 heterocycles. The fraction of sp³-hybridized carbons (Fsp3) is 0.600. The van der Waals surface area contributed by atoms with Crippen molar-refractivity contribution in [1.29, 1.82) is 0 Å². The van der Waals surface area contributed by atoms with E-state index in [-0.39, 0.29) is 30.3 Å². The van der Waals surface area contributed by atoms with E-state index in [4.69, 9.17) is 10.5 Å². The Morgan fingerprint density at radius 2 is 2.00 bits per heavy atom. The van der Waals surface area contributed by atoms with E-state index in [0.29, 0.717) is 38.6 Å². The van der Waals surface area contributed by atoms with Crippen molar-refractivity contribution in [1.82, 2.24) is 10.2 Å². The minimum Gasteiger partial charge on any atom is -0.492 e. The molecule has 0 bridgehead atoms. The molecule has 8 heteroatoms. The van der Waals surface area contributed by atoms with E-state index in [9.17, 15) is 9.59 Å². The maximum atomic E-state index is 12.4. The predicted molar refractivity (Wildman–Crippen MR) is 114 cm³/mol. The molecule has 7 nitrogen and oxygen atoms in total. The zero-order chi connectivity index (χ0) is 19.6. The molecule has 1 fully saturated rings. The van der Waals surface area contributed by atoms with Crippen LogP contribution in [0.15, 0.2) is 24.3 Å². The minimum absolute atomic E-state index is 0. The van der Waals surface area contributed by atoms with Gasteiger partial charge in [0.2, 0.25) is 5.91 Å². The van der Waals surface area contributed by atoms with E-state index in [1.807, 2.05) is 29.2 Å². The molecule has 28 heavy (non-hydrogen) atoms. The molecule has 1 aliphatic rings. The number of carbonyl (C=O) groups excluding carboxylic acids is 2. The van der Waals surface area contributed by atoms with Crippen molar-refractivity contribution >= 4 is 30.0 Å². The summed E-state index contributed by atoms with van der Waals surface area (Å²) in [6.45, 7) is 7.13. The summed E-state index contributed by atoms with van der Waals surface area (Å²) >= 11 is 0. The number of nitrogens with one attached hydrogen (secondary N) is 2. The molecule has 1 atom stereocenters. The van der Waals surface area contributed by atoms with Gasteiger partial charge in [-0.3, -0.25) is 4.79 Å². The first kappa shape index (κ1) is 24.0. The van der Waals surface area contributed by atoms with Gasteiger partial charge in [-0.2, -0.15) is 0 Å². The van der Waals surface area contributed by atoms with Gasteiger partial charge in [0.25, 0.3) is 0 Å². The standard InChI is InChI=1S/C20H32N4O3.ClH/c1-15(2)13-22-20(26)24-10-3-4-16(14-24)12-19(25)23-17-5-7-18(8-6-17)27-11-9-21;/h5-8,15-16H,3-4,9-14,21H2,1-2H3,(H,22,26)(H,23,25);1H. The van der Waals surface area contributed by atoms with Gasteiger partial charge in [-0.15, -0.1) is 12.4 Å². The molecular formula is C20H33ClN4O3. The second-order valence-corrected chi connectivity index (χ2v) is 7.45. The smallest absolute Gasteiger partial charge is 0.317 e. The lowest BCUT2D eigenvalue weighted by Gasteiger charge is -2.32. The number of benzene rings is 1. The summed E-state index contributed by atoms with van der Waals surface area (Å²) in [5.41, 5.74) is 6.15. The van der Waals surface area contributed by atoms with Gasteiger partial charge >= 0.3 is 6.03 Å². The molecule has 1 unspecified atom stereocenters. The molecule has 0 radical (unpaired) electrons. The summed E-state index contributed by atoms with van der Waals surface area (Å²) in [4.78, 5) is 26.4. The molecule has 0 aromatic heterocycles. The number of nitrogens with zero attached hydrogens (tertiary/aromatic N) is 1. The number of hydrogen-bond donors (Lipinski definition) is 3. The van der Waals surface area contributed by atoms with Crippen LogP contribution in [0, 0.1) is 11.8 Å². The number of ether oxygens (including phenoxy) is 1. The number of anilines is 1. The predicted octanol–water partition coefficient (Wildman–Crippen LogP) is 2.85. The Kier molecular flexibility index (Phi) is 10.7. The first-order valence-corrected chi connectivity index (χ1v) is 9.73. The van der Waals surface area contributed by atoms with E-state index in [0.717, 1.165) is 30.8 Å². The van der Waals surface area contributed by atoms with Crippen molar-refractivity contribution in [2.45, 2.75) is 33.1 Å². The molecule has 0 aliphatic carbocycles. The van der Waals surface area contributed by atoms with E-state index in [1.165, 1.54) is 0 Å². The quantitative estimate of drug-likeness (QED) is 0.611. The molecule has 3 amide bonds. The number of piperidine rings is 1. The van der Waals surface area contributed by atoms with E-state index in [2.05, 4.69) is 24.5 Å². The first-order chi connectivity index (χ1) is 13.0. The topological polar surface area (TPSA) is 96.7 Å². The lowest BCUT2D eigenvalue weighted by Crippen LogP contribution is -2.46. The van der Waals surface area contributed by atoms with Crippen molar-refractivity contribution < 1.29 is 14.3 Å². The second kappa shape index (κ2) is 12.5. The maximum Gasteiger partial charge on any atom is 0.317 e. The van der Waals surface area contributed by atoms with Crippen molar-refractivity contribution in [3.05, 3.63) is 24.3 Å². The Morgan fingerprint density at radius 3 is 2.64 bits per heavy atom. The summed E-state index contributed by atoms with van der Waals surface area (Å²) in [7, 11) is 0. The lowest BCUT2D eigenvalue weighted by molar-refractivity contribution is -0.117. The number of hydrogen-bond acceptors (Lipinski definition) is 4. The third-order valence-electron chi connectivity index (χ3n) is 4.47. The van der Waals surface area contributed by atoms with Gasteiger partial charge in [-0.1, -0.05) is 13.8 Å². The van der Waals surface area contributed by atoms with Crippen LogP contribution in [0.25, 0.3) is 0 Å². The molecule has 0 spiro atoms. The molecule has 0 saturated carbocycles. The Bertz CT molecular complexity index is 610. The first-order valence-electron chi connectivity index (χ1n) is 9.73. The van der Waals surface area contributed by atoms with Crippen molar-refractivity contribution in [3.8, 4) is 5.75 Å². The number of halogens is 1. The van der Waals surface area contributed by atoms with Gasteiger partial charge in [0.05, 0.1) is 0 Å². The number of rotatable bonds is 8. The van der Waals surface area contributed by atoms with Crippen LogP contribution in [0.3, 0.4) is 0 Å². The summed E-state index contributed by atoms with van der Waals surface area (Å²) < 4.78 is 5.42. The number of carbonyl (C=O) groups is 2. The van der Waals surface area contributed by atoms with E-state index >= 15 is 0 Å². The van der Waals surface area contributed by atoms with Crippen LogP contribution in [-0.2, 0) is 4.79 Å².